The Morgan fingerprint density at radius 1 is 1.23 bits per heavy atom. The fraction of sp³-hybridized carbons (Fsp3) is 0.333. The van der Waals surface area contributed by atoms with Gasteiger partial charge in [0.25, 0.3) is 5.56 Å². The molecule has 166 valence electrons. The van der Waals surface area contributed by atoms with E-state index < -0.39 is 53.2 Å². The second-order valence-electron chi connectivity index (χ2n) is 5.74. The Bertz CT molecular complexity index is 1160. The topological polar surface area (TPSA) is 224 Å². The SMILES string of the molecule is C#C[C@@]1(COP(=O)(O)OP(=O)(O)OP(=O)(O)O)C=C[C@H](n2cc(C)c(=O)[nH]c2=O)O1. The van der Waals surface area contributed by atoms with Gasteiger partial charge in [0.15, 0.2) is 11.8 Å². The number of nitrogens with zero attached hydrogens (tertiary/aromatic N) is 1. The van der Waals surface area contributed by atoms with Crippen LogP contribution < -0.4 is 11.2 Å². The van der Waals surface area contributed by atoms with Crippen molar-refractivity contribution in [3.8, 4) is 12.3 Å². The van der Waals surface area contributed by atoms with Crippen LogP contribution in [0.25, 0.3) is 0 Å². The molecule has 4 atom stereocenters. The van der Waals surface area contributed by atoms with Crippen LogP contribution in [0.1, 0.15) is 11.8 Å². The van der Waals surface area contributed by atoms with Crippen LogP contribution in [0.5, 0.6) is 0 Å². The summed E-state index contributed by atoms with van der Waals surface area (Å²) in [6, 6.07) is 0. The largest absolute Gasteiger partial charge is 0.490 e. The first-order chi connectivity index (χ1) is 13.6. The number of phosphoric acid groups is 3. The Morgan fingerprint density at radius 3 is 2.43 bits per heavy atom. The Kier molecular flexibility index (Phi) is 6.95. The molecule has 0 aromatic carbocycles. The van der Waals surface area contributed by atoms with Crippen molar-refractivity contribution < 1.29 is 51.2 Å². The third-order valence-corrected chi connectivity index (χ3v) is 7.17. The Hall–Kier alpha value is -1.65. The summed E-state index contributed by atoms with van der Waals surface area (Å²) in [7, 11) is -16.7. The van der Waals surface area contributed by atoms with Crippen LogP contribution in [-0.4, -0.2) is 41.3 Å². The van der Waals surface area contributed by atoms with Crippen LogP contribution in [0.4, 0.5) is 0 Å². The van der Waals surface area contributed by atoms with E-state index in [1.54, 1.807) is 0 Å². The average Bonchev–Trinajstić information content (AvgIpc) is 2.98. The highest BCUT2D eigenvalue weighted by Gasteiger charge is 2.43. The van der Waals surface area contributed by atoms with E-state index in [2.05, 4.69) is 19.1 Å². The zero-order valence-electron chi connectivity index (χ0n) is 14.8. The zero-order valence-corrected chi connectivity index (χ0v) is 17.5. The van der Waals surface area contributed by atoms with Gasteiger partial charge in [-0.05, 0) is 19.1 Å². The molecule has 0 saturated heterocycles. The van der Waals surface area contributed by atoms with Gasteiger partial charge in [0.1, 0.15) is 6.61 Å². The Balaban J connectivity index is 2.13. The van der Waals surface area contributed by atoms with Gasteiger partial charge in [-0.1, -0.05) is 5.92 Å². The van der Waals surface area contributed by atoms with Gasteiger partial charge in [-0.25, -0.2) is 18.5 Å². The molecule has 1 aliphatic heterocycles. The monoisotopic (exact) mass is 488 g/mol. The van der Waals surface area contributed by atoms with E-state index >= 15 is 0 Å². The molecule has 0 radical (unpaired) electrons. The summed E-state index contributed by atoms with van der Waals surface area (Å²) in [6.07, 6.45) is 7.84. The third-order valence-electron chi connectivity index (χ3n) is 3.38. The maximum atomic E-state index is 11.9. The van der Waals surface area contributed by atoms with Crippen molar-refractivity contribution in [2.75, 3.05) is 6.61 Å². The molecule has 1 aromatic rings. The number of hydrogen-bond donors (Lipinski definition) is 5. The lowest BCUT2D eigenvalue weighted by atomic mass is 10.1. The average molecular weight is 488 g/mol. The van der Waals surface area contributed by atoms with E-state index in [4.69, 9.17) is 25.8 Å². The quantitative estimate of drug-likeness (QED) is 0.179. The fourth-order valence-electron chi connectivity index (χ4n) is 2.14. The molecule has 2 rings (SSSR count). The van der Waals surface area contributed by atoms with Gasteiger partial charge in [-0.3, -0.25) is 18.9 Å². The lowest BCUT2D eigenvalue weighted by Crippen LogP contribution is -2.37. The lowest BCUT2D eigenvalue weighted by molar-refractivity contribution is -0.0493. The molecular formula is C12H15N2O13P3. The van der Waals surface area contributed by atoms with Crippen LogP contribution in [0.2, 0.25) is 0 Å². The molecule has 1 aromatic heterocycles. The molecular weight excluding hydrogens is 473 g/mol. The minimum atomic E-state index is -5.69. The number of rotatable bonds is 8. The minimum Gasteiger partial charge on any atom is -0.329 e. The number of H-pyrrole nitrogens is 1. The number of aromatic amines is 1. The smallest absolute Gasteiger partial charge is 0.329 e. The van der Waals surface area contributed by atoms with Gasteiger partial charge in [-0.15, -0.1) is 6.42 Å². The van der Waals surface area contributed by atoms with Gasteiger partial charge in [0.05, 0.1) is 0 Å². The molecule has 2 heterocycles. The van der Waals surface area contributed by atoms with Crippen molar-refractivity contribution in [1.29, 1.82) is 0 Å². The summed E-state index contributed by atoms with van der Waals surface area (Å²) in [4.78, 5) is 61.0. The highest BCUT2D eigenvalue weighted by molar-refractivity contribution is 7.66. The number of phosphoric ester groups is 1. The van der Waals surface area contributed by atoms with Crippen molar-refractivity contribution in [2.45, 2.75) is 18.8 Å². The summed E-state index contributed by atoms with van der Waals surface area (Å²) >= 11 is 0. The molecule has 0 amide bonds. The summed E-state index contributed by atoms with van der Waals surface area (Å²) in [5, 5.41) is 0. The summed E-state index contributed by atoms with van der Waals surface area (Å²) in [5.74, 6) is 2.10. The lowest BCUT2D eigenvalue weighted by Gasteiger charge is -2.25. The molecule has 2 unspecified atom stereocenters. The Morgan fingerprint density at radius 2 is 1.87 bits per heavy atom. The van der Waals surface area contributed by atoms with Crippen molar-refractivity contribution >= 4 is 23.5 Å². The second-order valence-corrected chi connectivity index (χ2v) is 10.2. The predicted molar refractivity (Wildman–Crippen MR) is 96.7 cm³/mol. The predicted octanol–water partition coefficient (Wildman–Crippen LogP) is -0.355. The van der Waals surface area contributed by atoms with Crippen LogP contribution in [0.15, 0.2) is 27.9 Å². The number of hydrogen-bond acceptors (Lipinski definition) is 9. The van der Waals surface area contributed by atoms with E-state index in [0.29, 0.717) is 0 Å². The molecule has 0 bridgehead atoms. The first kappa shape index (κ1) is 24.6. The standard InChI is InChI=1S/C12H15N2O13P3/c1-3-12(7-24-29(20,21)27-30(22,23)26-28(17,18)19)5-4-9(25-12)14-6-8(2)10(15)13-11(14)16/h1,4-6,9H,7H2,2H3,(H,20,21)(H,22,23)(H,13,15,16)(H2,17,18,19)/t9-,12+/m1/s1. The molecule has 18 heteroatoms. The van der Waals surface area contributed by atoms with Gasteiger partial charge < -0.3 is 24.3 Å². The molecule has 30 heavy (non-hydrogen) atoms. The highest BCUT2D eigenvalue weighted by atomic mass is 31.3. The van der Waals surface area contributed by atoms with Crippen LogP contribution in [0.3, 0.4) is 0 Å². The van der Waals surface area contributed by atoms with E-state index in [9.17, 15) is 28.2 Å². The van der Waals surface area contributed by atoms with Crippen molar-refractivity contribution in [3.63, 3.8) is 0 Å². The van der Waals surface area contributed by atoms with E-state index in [1.807, 2.05) is 4.98 Å². The fourth-order valence-corrected chi connectivity index (χ4v) is 5.19. The molecule has 0 aliphatic carbocycles. The normalized spacial score (nSPS) is 25.4. The van der Waals surface area contributed by atoms with Crippen molar-refractivity contribution in [2.24, 2.45) is 0 Å². The van der Waals surface area contributed by atoms with Crippen LogP contribution >= 0.6 is 23.5 Å². The van der Waals surface area contributed by atoms with Gasteiger partial charge in [0.2, 0.25) is 0 Å². The molecule has 15 nitrogen and oxygen atoms in total. The molecule has 0 spiro atoms. The highest BCUT2D eigenvalue weighted by Crippen LogP contribution is 2.66. The molecule has 0 fully saturated rings. The van der Waals surface area contributed by atoms with Crippen molar-refractivity contribution in [3.05, 3.63) is 44.8 Å². The summed E-state index contributed by atoms with van der Waals surface area (Å²) in [6.45, 7) is 0.481. The maximum absolute atomic E-state index is 11.9. The Labute approximate surface area is 167 Å². The maximum Gasteiger partial charge on any atom is 0.490 e. The number of aryl methyl sites for hydroxylation is 1. The second kappa shape index (κ2) is 8.47. The number of terminal acetylenes is 1. The van der Waals surface area contributed by atoms with E-state index in [-0.39, 0.29) is 5.56 Å². The van der Waals surface area contributed by atoms with Crippen LogP contribution in [-0.2, 0) is 31.6 Å². The zero-order chi connectivity index (χ0) is 23.0. The molecule has 0 saturated carbocycles. The minimum absolute atomic E-state index is 0.179. The van der Waals surface area contributed by atoms with Crippen molar-refractivity contribution in [1.82, 2.24) is 9.55 Å². The number of ether oxygens (including phenoxy) is 1. The molecule has 5 N–H and O–H groups in total. The first-order valence-corrected chi connectivity index (χ1v) is 12.0. The summed E-state index contributed by atoms with van der Waals surface area (Å²) in [5.41, 5.74) is -3.12. The molecule has 1 aliphatic rings. The number of aromatic nitrogens is 2. The number of nitrogens with one attached hydrogen (secondary N) is 1. The van der Waals surface area contributed by atoms with Gasteiger partial charge in [-0.2, -0.15) is 8.62 Å². The van der Waals surface area contributed by atoms with Crippen LogP contribution in [0, 0.1) is 19.3 Å². The van der Waals surface area contributed by atoms with E-state index in [1.165, 1.54) is 25.3 Å². The van der Waals surface area contributed by atoms with Gasteiger partial charge in [0, 0.05) is 11.8 Å². The summed E-state index contributed by atoms with van der Waals surface area (Å²) < 4.78 is 51.8. The third kappa shape index (κ3) is 6.42. The van der Waals surface area contributed by atoms with Gasteiger partial charge >= 0.3 is 29.2 Å². The first-order valence-electron chi connectivity index (χ1n) is 7.52. The van der Waals surface area contributed by atoms with E-state index in [0.717, 1.165) is 4.57 Å².